The van der Waals surface area contributed by atoms with Crippen molar-refractivity contribution in [2.24, 2.45) is 0 Å². The summed E-state index contributed by atoms with van der Waals surface area (Å²) in [7, 11) is 0. The third kappa shape index (κ3) is 1.98. The van der Waals surface area contributed by atoms with Crippen LogP contribution in [0, 0.1) is 5.82 Å². The second-order valence-electron chi connectivity index (χ2n) is 3.00. The van der Waals surface area contributed by atoms with Gasteiger partial charge in [0.05, 0.1) is 0 Å². The molecule has 0 aliphatic carbocycles. The Morgan fingerprint density at radius 3 is 1.69 bits per heavy atom. The van der Waals surface area contributed by atoms with Crippen molar-refractivity contribution in [3.63, 3.8) is 0 Å². The van der Waals surface area contributed by atoms with E-state index in [2.05, 4.69) is 0 Å². The minimum atomic E-state index is -5.50. The quantitative estimate of drug-likeness (QED) is 0.711. The Morgan fingerprint density at radius 1 is 0.875 bits per heavy atom. The average Bonchev–Trinajstić information content (AvgIpc) is 2.17. The summed E-state index contributed by atoms with van der Waals surface area (Å²) in [4.78, 5) is 0. The van der Waals surface area contributed by atoms with E-state index in [0.717, 1.165) is 0 Å². The van der Waals surface area contributed by atoms with E-state index in [1.807, 2.05) is 0 Å². The molecule has 0 fully saturated rings. The van der Waals surface area contributed by atoms with Gasteiger partial charge in [-0.25, -0.2) is 13.2 Å². The first-order valence-corrected chi connectivity index (χ1v) is 3.99. The first kappa shape index (κ1) is 12.8. The van der Waals surface area contributed by atoms with Crippen molar-refractivity contribution in [2.45, 2.75) is 18.3 Å². The summed E-state index contributed by atoms with van der Waals surface area (Å²) in [5, 5.41) is 0. The van der Waals surface area contributed by atoms with Gasteiger partial charge in [0, 0.05) is 5.56 Å². The molecule has 0 aliphatic heterocycles. The molecular weight excluding hydrogens is 241 g/mol. The van der Waals surface area contributed by atoms with Crippen molar-refractivity contribution in [2.75, 3.05) is 0 Å². The Labute approximate surface area is 85.7 Å². The van der Waals surface area contributed by atoms with Gasteiger partial charge in [0.25, 0.3) is 0 Å². The third-order valence-electron chi connectivity index (χ3n) is 1.90. The minimum absolute atomic E-state index is 0.339. The molecule has 0 amide bonds. The maximum atomic E-state index is 13.0. The number of hydrogen-bond acceptors (Lipinski definition) is 0. The van der Waals surface area contributed by atoms with Crippen LogP contribution in [0.4, 0.5) is 30.7 Å². The molecule has 0 aliphatic rings. The zero-order valence-corrected chi connectivity index (χ0v) is 7.53. The summed E-state index contributed by atoms with van der Waals surface area (Å²) >= 11 is 0. The van der Waals surface area contributed by atoms with Gasteiger partial charge in [-0.3, -0.25) is 0 Å². The van der Waals surface area contributed by atoms with Crippen LogP contribution >= 0.6 is 0 Å². The number of alkyl halides is 6. The maximum Gasteiger partial charge on any atom is 0.373 e. The molecule has 90 valence electrons. The predicted octanol–water partition coefficient (Wildman–Crippen LogP) is 3.82. The Balaban J connectivity index is 3.15. The van der Waals surface area contributed by atoms with Gasteiger partial charge in [-0.1, -0.05) is 0 Å². The standard InChI is InChI=1S/C9H5F7/c10-6-3-1-5(2-4-6)8(13,14)9(15,16)7(11)12/h1-4,7H. The average molecular weight is 246 g/mol. The molecule has 7 heteroatoms. The van der Waals surface area contributed by atoms with Crippen molar-refractivity contribution >= 4 is 0 Å². The summed E-state index contributed by atoms with van der Waals surface area (Å²) in [6, 6.07) is 1.66. The predicted molar refractivity (Wildman–Crippen MR) is 41.2 cm³/mol. The van der Waals surface area contributed by atoms with E-state index in [1.54, 1.807) is 0 Å². The van der Waals surface area contributed by atoms with E-state index >= 15 is 0 Å². The van der Waals surface area contributed by atoms with Crippen LogP contribution in [0.5, 0.6) is 0 Å². The lowest BCUT2D eigenvalue weighted by atomic mass is 10.0. The van der Waals surface area contributed by atoms with Crippen LogP contribution in [0.1, 0.15) is 5.56 Å². The lowest BCUT2D eigenvalue weighted by Gasteiger charge is -2.25. The number of hydrogen-bond donors (Lipinski definition) is 0. The van der Waals surface area contributed by atoms with Crippen molar-refractivity contribution in [1.29, 1.82) is 0 Å². The van der Waals surface area contributed by atoms with Gasteiger partial charge >= 0.3 is 18.3 Å². The number of rotatable bonds is 3. The summed E-state index contributed by atoms with van der Waals surface area (Å²) < 4.78 is 86.8. The van der Waals surface area contributed by atoms with E-state index in [4.69, 9.17) is 0 Å². The molecule has 1 aromatic rings. The highest BCUT2D eigenvalue weighted by molar-refractivity contribution is 5.23. The molecule has 0 N–H and O–H groups in total. The highest BCUT2D eigenvalue weighted by Gasteiger charge is 2.63. The second kappa shape index (κ2) is 3.95. The van der Waals surface area contributed by atoms with Gasteiger partial charge in [0.15, 0.2) is 0 Å². The molecule has 16 heavy (non-hydrogen) atoms. The highest BCUT2D eigenvalue weighted by Crippen LogP contribution is 2.46. The Kier molecular flexibility index (Phi) is 3.16. The first-order valence-electron chi connectivity index (χ1n) is 3.99. The molecule has 0 aromatic heterocycles. The molecule has 0 saturated heterocycles. The van der Waals surface area contributed by atoms with Gasteiger partial charge in [-0.05, 0) is 24.3 Å². The van der Waals surface area contributed by atoms with Gasteiger partial charge in [-0.15, -0.1) is 0 Å². The third-order valence-corrected chi connectivity index (χ3v) is 1.90. The molecule has 0 heterocycles. The molecule has 0 spiro atoms. The van der Waals surface area contributed by atoms with Crippen LogP contribution in [0.2, 0.25) is 0 Å². The molecule has 1 aromatic carbocycles. The number of halogens is 7. The Bertz CT molecular complexity index is 355. The summed E-state index contributed by atoms with van der Waals surface area (Å²) in [5.41, 5.74) is -1.36. The van der Waals surface area contributed by atoms with Gasteiger partial charge < -0.3 is 0 Å². The van der Waals surface area contributed by atoms with Gasteiger partial charge in [-0.2, -0.15) is 17.6 Å². The fraction of sp³-hybridized carbons (Fsp3) is 0.333. The molecule has 0 bridgehead atoms. The van der Waals surface area contributed by atoms with Crippen LogP contribution in [0.3, 0.4) is 0 Å². The van der Waals surface area contributed by atoms with Crippen LogP contribution in [0.15, 0.2) is 24.3 Å². The molecule has 0 nitrogen and oxygen atoms in total. The van der Waals surface area contributed by atoms with Crippen molar-refractivity contribution in [1.82, 2.24) is 0 Å². The fourth-order valence-corrected chi connectivity index (χ4v) is 0.989. The number of benzene rings is 1. The molecule has 1 rings (SSSR count). The topological polar surface area (TPSA) is 0 Å². The van der Waals surface area contributed by atoms with E-state index in [1.165, 1.54) is 0 Å². The Hall–Kier alpha value is -1.27. The minimum Gasteiger partial charge on any atom is -0.207 e. The van der Waals surface area contributed by atoms with E-state index < -0.39 is 29.7 Å². The fourth-order valence-electron chi connectivity index (χ4n) is 0.989. The molecule has 0 unspecified atom stereocenters. The van der Waals surface area contributed by atoms with E-state index in [0.29, 0.717) is 24.3 Å². The zero-order valence-electron chi connectivity index (χ0n) is 7.53. The SMILES string of the molecule is Fc1ccc(C(F)(F)C(F)(F)C(F)F)cc1. The van der Waals surface area contributed by atoms with E-state index in [9.17, 15) is 30.7 Å². The summed E-state index contributed by atoms with van der Waals surface area (Å²) in [6.45, 7) is 0. The van der Waals surface area contributed by atoms with Crippen LogP contribution in [-0.2, 0) is 5.92 Å². The van der Waals surface area contributed by atoms with Gasteiger partial charge in [0.1, 0.15) is 5.82 Å². The summed E-state index contributed by atoms with van der Waals surface area (Å²) in [6.07, 6.45) is -4.51. The van der Waals surface area contributed by atoms with Crippen molar-refractivity contribution in [3.8, 4) is 0 Å². The molecule has 0 atom stereocenters. The van der Waals surface area contributed by atoms with Gasteiger partial charge in [0.2, 0.25) is 0 Å². The van der Waals surface area contributed by atoms with Crippen LogP contribution in [-0.4, -0.2) is 12.3 Å². The second-order valence-corrected chi connectivity index (χ2v) is 3.00. The molecule has 0 saturated carbocycles. The van der Waals surface area contributed by atoms with Crippen molar-refractivity contribution < 1.29 is 30.7 Å². The molecule has 0 radical (unpaired) electrons. The molecular formula is C9H5F7. The Morgan fingerprint density at radius 2 is 1.31 bits per heavy atom. The first-order chi connectivity index (χ1) is 7.19. The van der Waals surface area contributed by atoms with Crippen molar-refractivity contribution in [3.05, 3.63) is 35.6 Å². The summed E-state index contributed by atoms with van der Waals surface area (Å²) in [5.74, 6) is -11.5. The zero-order chi connectivity index (χ0) is 12.6. The smallest absolute Gasteiger partial charge is 0.207 e. The highest BCUT2D eigenvalue weighted by atomic mass is 19.3. The van der Waals surface area contributed by atoms with Crippen LogP contribution in [0.25, 0.3) is 0 Å². The lowest BCUT2D eigenvalue weighted by Crippen LogP contribution is -2.44. The maximum absolute atomic E-state index is 13.0. The monoisotopic (exact) mass is 246 g/mol. The van der Waals surface area contributed by atoms with Crippen LogP contribution < -0.4 is 0 Å². The lowest BCUT2D eigenvalue weighted by molar-refractivity contribution is -0.270. The largest absolute Gasteiger partial charge is 0.373 e. The van der Waals surface area contributed by atoms with E-state index in [-0.39, 0.29) is 0 Å². The normalized spacial score (nSPS) is 13.2.